The molecule has 0 aromatic carbocycles. The van der Waals surface area contributed by atoms with Gasteiger partial charge in [0.15, 0.2) is 6.10 Å². The minimum atomic E-state index is -0.815. The molecule has 0 N–H and O–H groups in total. The first-order valence-electron chi connectivity index (χ1n) is 26.3. The van der Waals surface area contributed by atoms with Crippen molar-refractivity contribution in [3.05, 3.63) is 97.2 Å². The second kappa shape index (κ2) is 52.0. The molecule has 1 atom stereocenters. The van der Waals surface area contributed by atoms with E-state index in [0.717, 1.165) is 70.6 Å². The Morgan fingerprint density at radius 1 is 0.328 bits per heavy atom. The molecule has 0 saturated carbocycles. The summed E-state index contributed by atoms with van der Waals surface area (Å²) in [6.45, 7) is 6.39. The van der Waals surface area contributed by atoms with Crippen molar-refractivity contribution in [2.24, 2.45) is 0 Å². The number of unbranched alkanes of at least 4 members (excludes halogenated alkanes) is 24. The molecule has 6 nitrogen and oxygen atoms in total. The highest BCUT2D eigenvalue weighted by Crippen LogP contribution is 2.14. The van der Waals surface area contributed by atoms with Gasteiger partial charge in [-0.15, -0.1) is 0 Å². The fourth-order valence-corrected chi connectivity index (χ4v) is 6.99. The summed E-state index contributed by atoms with van der Waals surface area (Å²) in [5.41, 5.74) is 0. The predicted molar refractivity (Wildman–Crippen MR) is 274 cm³/mol. The van der Waals surface area contributed by atoms with Crippen LogP contribution in [-0.2, 0) is 28.6 Å². The minimum Gasteiger partial charge on any atom is -0.462 e. The molecular weight excluding hydrogens is 793 g/mol. The quantitative estimate of drug-likeness (QED) is 0.0199. The summed E-state index contributed by atoms with van der Waals surface area (Å²) in [7, 11) is 0. The molecule has 1 unspecified atom stereocenters. The number of ether oxygens (including phenoxy) is 3. The van der Waals surface area contributed by atoms with Gasteiger partial charge >= 0.3 is 17.9 Å². The zero-order chi connectivity index (χ0) is 46.5. The summed E-state index contributed by atoms with van der Waals surface area (Å²) in [5.74, 6) is -1.01. The number of hydrogen-bond acceptors (Lipinski definition) is 6. The topological polar surface area (TPSA) is 78.9 Å². The van der Waals surface area contributed by atoms with Crippen LogP contribution in [-0.4, -0.2) is 37.2 Å². The summed E-state index contributed by atoms with van der Waals surface area (Å²) in [4.78, 5) is 38.0. The Kier molecular flexibility index (Phi) is 49.0. The molecule has 0 spiro atoms. The van der Waals surface area contributed by atoms with E-state index in [1.165, 1.54) is 116 Å². The maximum absolute atomic E-state index is 12.8. The summed E-state index contributed by atoms with van der Waals surface area (Å²) < 4.78 is 16.7. The highest BCUT2D eigenvalue weighted by molar-refractivity contribution is 5.71. The van der Waals surface area contributed by atoms with Crippen molar-refractivity contribution in [1.82, 2.24) is 0 Å². The Bertz CT molecular complexity index is 1300. The second-order valence-corrected chi connectivity index (χ2v) is 17.2. The molecule has 0 aromatic rings. The van der Waals surface area contributed by atoms with Crippen molar-refractivity contribution in [2.75, 3.05) is 13.2 Å². The Hall–Kier alpha value is -3.67. The third-order valence-corrected chi connectivity index (χ3v) is 10.9. The van der Waals surface area contributed by atoms with Crippen molar-refractivity contribution in [1.29, 1.82) is 0 Å². The monoisotopic (exact) mass is 889 g/mol. The van der Waals surface area contributed by atoms with E-state index in [0.29, 0.717) is 19.3 Å². The molecule has 0 fully saturated rings. The van der Waals surface area contributed by atoms with Crippen molar-refractivity contribution in [3.8, 4) is 0 Å². The molecule has 6 heteroatoms. The smallest absolute Gasteiger partial charge is 0.306 e. The van der Waals surface area contributed by atoms with Gasteiger partial charge in [-0.05, 0) is 83.5 Å². The van der Waals surface area contributed by atoms with Gasteiger partial charge in [0.2, 0.25) is 0 Å². The van der Waals surface area contributed by atoms with Gasteiger partial charge < -0.3 is 14.2 Å². The molecule has 0 aliphatic rings. The number of allylic oxidation sites excluding steroid dienone is 16. The first kappa shape index (κ1) is 60.3. The lowest BCUT2D eigenvalue weighted by atomic mass is 10.1. The van der Waals surface area contributed by atoms with E-state index in [1.807, 2.05) is 54.7 Å². The van der Waals surface area contributed by atoms with Crippen LogP contribution in [0.1, 0.15) is 233 Å². The molecule has 0 radical (unpaired) electrons. The van der Waals surface area contributed by atoms with Crippen LogP contribution in [0.5, 0.6) is 0 Å². The number of carbonyl (C=O) groups excluding carboxylic acids is 3. The van der Waals surface area contributed by atoms with E-state index in [9.17, 15) is 14.4 Å². The lowest BCUT2D eigenvalue weighted by Crippen LogP contribution is -2.30. The van der Waals surface area contributed by atoms with Crippen LogP contribution in [0.2, 0.25) is 0 Å². The number of carbonyl (C=O) groups is 3. The minimum absolute atomic E-state index is 0.111. The maximum Gasteiger partial charge on any atom is 0.306 e. The van der Waals surface area contributed by atoms with Crippen molar-refractivity contribution >= 4 is 17.9 Å². The fourth-order valence-electron chi connectivity index (χ4n) is 6.99. The van der Waals surface area contributed by atoms with E-state index in [-0.39, 0.29) is 37.5 Å². The Balaban J connectivity index is 4.50. The average Bonchev–Trinajstić information content (AvgIpc) is 3.29. The fraction of sp³-hybridized carbons (Fsp3) is 0.672. The van der Waals surface area contributed by atoms with Gasteiger partial charge in [0.05, 0.1) is 0 Å². The van der Waals surface area contributed by atoms with Crippen LogP contribution in [0.15, 0.2) is 97.2 Å². The lowest BCUT2D eigenvalue weighted by Gasteiger charge is -2.18. The van der Waals surface area contributed by atoms with Crippen molar-refractivity contribution in [3.63, 3.8) is 0 Å². The Morgan fingerprint density at radius 3 is 1.09 bits per heavy atom. The molecule has 64 heavy (non-hydrogen) atoms. The predicted octanol–water partition coefficient (Wildman–Crippen LogP) is 17.4. The van der Waals surface area contributed by atoms with E-state index in [4.69, 9.17) is 14.2 Å². The number of rotatable bonds is 46. The van der Waals surface area contributed by atoms with Crippen LogP contribution in [0.4, 0.5) is 0 Å². The molecule has 0 bridgehead atoms. The highest BCUT2D eigenvalue weighted by Gasteiger charge is 2.19. The van der Waals surface area contributed by atoms with E-state index in [1.54, 1.807) is 0 Å². The van der Waals surface area contributed by atoms with E-state index >= 15 is 0 Å². The molecule has 0 rings (SSSR count). The Labute approximate surface area is 394 Å². The molecule has 364 valence electrons. The molecule has 0 saturated heterocycles. The molecule has 0 amide bonds. The van der Waals surface area contributed by atoms with Gasteiger partial charge in [0.25, 0.3) is 0 Å². The molecule has 0 aromatic heterocycles. The van der Waals surface area contributed by atoms with Crippen LogP contribution < -0.4 is 0 Å². The van der Waals surface area contributed by atoms with Crippen LogP contribution in [0.3, 0.4) is 0 Å². The summed E-state index contributed by atoms with van der Waals surface area (Å²) in [6.07, 6.45) is 68.3. The number of hydrogen-bond donors (Lipinski definition) is 0. The van der Waals surface area contributed by atoms with E-state index in [2.05, 4.69) is 63.3 Å². The van der Waals surface area contributed by atoms with Gasteiger partial charge in [0, 0.05) is 19.3 Å². The molecular formula is C58H96O6. The van der Waals surface area contributed by atoms with Crippen LogP contribution in [0.25, 0.3) is 0 Å². The van der Waals surface area contributed by atoms with Gasteiger partial charge in [-0.1, -0.05) is 227 Å². The van der Waals surface area contributed by atoms with Crippen molar-refractivity contribution in [2.45, 2.75) is 239 Å². The highest BCUT2D eigenvalue weighted by atomic mass is 16.6. The van der Waals surface area contributed by atoms with Gasteiger partial charge in [0.1, 0.15) is 13.2 Å². The summed E-state index contributed by atoms with van der Waals surface area (Å²) in [6, 6.07) is 0. The van der Waals surface area contributed by atoms with Gasteiger partial charge in [-0.3, -0.25) is 14.4 Å². The van der Waals surface area contributed by atoms with Crippen molar-refractivity contribution < 1.29 is 28.6 Å². The zero-order valence-electron chi connectivity index (χ0n) is 41.5. The summed E-state index contributed by atoms with van der Waals surface area (Å²) >= 11 is 0. The van der Waals surface area contributed by atoms with E-state index < -0.39 is 6.10 Å². The second-order valence-electron chi connectivity index (χ2n) is 17.2. The van der Waals surface area contributed by atoms with Gasteiger partial charge in [-0.25, -0.2) is 0 Å². The maximum atomic E-state index is 12.8. The zero-order valence-corrected chi connectivity index (χ0v) is 41.5. The first-order valence-corrected chi connectivity index (χ1v) is 26.3. The third-order valence-electron chi connectivity index (χ3n) is 10.9. The standard InChI is InChI=1S/C58H96O6/c1-4-7-10-13-16-19-22-25-27-28-29-31-33-36-39-42-45-48-51-57(60)63-54-55(53-62-56(59)50-47-44-41-38-35-32-24-21-18-15-12-9-6-3)64-58(61)52-49-46-43-40-37-34-30-26-23-20-17-14-11-8-5-2/h9,12,15,18,20-21,23-24,27-29,31-32,35,38,41,55H,4-8,10-11,13-14,16-17,19,22,25-26,30,33-34,36-37,39-40,42-54H2,1-3H3/b12-9-,18-15-,23-20-,24-21-,28-27-,31-29-,35-32-,41-38-. The number of esters is 3. The summed E-state index contributed by atoms with van der Waals surface area (Å²) in [5, 5.41) is 0. The SMILES string of the molecule is CC\C=C/C=C\C=C/C=C\C=C/CCCC(=O)OCC(COC(=O)CCCCCCC/C=C\C=C/CCCCCCCCC)OC(=O)CCCCCCCCC/C=C\CCCCCC. The normalized spacial score (nSPS) is 12.9. The molecule has 0 heterocycles. The molecule has 0 aliphatic heterocycles. The molecule has 0 aliphatic carbocycles. The third kappa shape index (κ3) is 49.3. The first-order chi connectivity index (χ1) is 31.5. The van der Waals surface area contributed by atoms with Crippen LogP contribution in [0, 0.1) is 0 Å². The van der Waals surface area contributed by atoms with Crippen LogP contribution >= 0.6 is 0 Å². The van der Waals surface area contributed by atoms with Gasteiger partial charge in [-0.2, -0.15) is 0 Å². The lowest BCUT2D eigenvalue weighted by molar-refractivity contribution is -0.167. The Morgan fingerprint density at radius 2 is 0.641 bits per heavy atom. The largest absolute Gasteiger partial charge is 0.462 e. The average molecular weight is 889 g/mol.